The number of benzene rings is 2. The summed E-state index contributed by atoms with van der Waals surface area (Å²) in [5.74, 6) is -0.511. The first-order valence-corrected chi connectivity index (χ1v) is 7.26. The molecule has 0 aromatic heterocycles. The molecule has 0 saturated heterocycles. The molecule has 2 aromatic rings. The quantitative estimate of drug-likeness (QED) is 0.848. The molecule has 0 aliphatic rings. The van der Waals surface area contributed by atoms with E-state index in [4.69, 9.17) is 0 Å². The molecule has 0 amide bonds. The monoisotopic (exact) mass is 339 g/mol. The highest BCUT2D eigenvalue weighted by atomic mass is 79.9. The van der Waals surface area contributed by atoms with Gasteiger partial charge in [-0.1, -0.05) is 25.1 Å². The average molecular weight is 340 g/mol. The van der Waals surface area contributed by atoms with E-state index in [-0.39, 0.29) is 17.7 Å². The topological polar surface area (TPSA) is 12.0 Å². The Morgan fingerprint density at radius 1 is 1.05 bits per heavy atom. The Labute approximate surface area is 126 Å². The summed E-state index contributed by atoms with van der Waals surface area (Å²) in [5.41, 5.74) is 2.50. The van der Waals surface area contributed by atoms with Gasteiger partial charge in [0.2, 0.25) is 0 Å². The first-order valence-electron chi connectivity index (χ1n) is 6.47. The van der Waals surface area contributed by atoms with Gasteiger partial charge in [-0.05, 0) is 64.3 Å². The van der Waals surface area contributed by atoms with E-state index in [9.17, 15) is 8.78 Å². The van der Waals surface area contributed by atoms with Gasteiger partial charge in [0, 0.05) is 0 Å². The highest BCUT2D eigenvalue weighted by Crippen LogP contribution is 2.27. The van der Waals surface area contributed by atoms with Crippen molar-refractivity contribution in [3.05, 3.63) is 69.2 Å². The van der Waals surface area contributed by atoms with Crippen LogP contribution in [-0.2, 0) is 0 Å². The molecule has 2 rings (SSSR count). The van der Waals surface area contributed by atoms with Gasteiger partial charge in [-0.3, -0.25) is 0 Å². The molecule has 0 saturated carbocycles. The van der Waals surface area contributed by atoms with Crippen molar-refractivity contribution < 1.29 is 8.78 Å². The fourth-order valence-corrected chi connectivity index (χ4v) is 2.57. The maximum atomic E-state index is 13.4. The summed E-state index contributed by atoms with van der Waals surface area (Å²) in [6.07, 6.45) is 0. The Morgan fingerprint density at radius 2 is 1.65 bits per heavy atom. The maximum absolute atomic E-state index is 13.4. The van der Waals surface area contributed by atoms with E-state index < -0.39 is 0 Å². The van der Waals surface area contributed by atoms with E-state index in [2.05, 4.69) is 21.2 Å². The van der Waals surface area contributed by atoms with E-state index in [1.165, 1.54) is 12.1 Å². The van der Waals surface area contributed by atoms with Crippen molar-refractivity contribution in [3.63, 3.8) is 0 Å². The molecule has 4 heteroatoms. The van der Waals surface area contributed by atoms with Gasteiger partial charge in [0.15, 0.2) is 0 Å². The van der Waals surface area contributed by atoms with Gasteiger partial charge in [-0.25, -0.2) is 8.78 Å². The lowest BCUT2D eigenvalue weighted by Crippen LogP contribution is -2.22. The average Bonchev–Trinajstić information content (AvgIpc) is 2.43. The maximum Gasteiger partial charge on any atom is 0.137 e. The van der Waals surface area contributed by atoms with Crippen molar-refractivity contribution in [2.45, 2.75) is 19.9 Å². The first kappa shape index (κ1) is 15.1. The van der Waals surface area contributed by atoms with Gasteiger partial charge in [0.05, 0.1) is 10.5 Å². The summed E-state index contributed by atoms with van der Waals surface area (Å²) in [6.45, 7) is 4.50. The normalized spacial score (nSPS) is 12.4. The molecule has 1 atom stereocenters. The van der Waals surface area contributed by atoms with Gasteiger partial charge in [0.25, 0.3) is 0 Å². The van der Waals surface area contributed by atoms with Crippen LogP contribution in [0.15, 0.2) is 40.9 Å². The van der Waals surface area contributed by atoms with E-state index in [1.54, 1.807) is 25.1 Å². The van der Waals surface area contributed by atoms with Crippen LogP contribution in [0.4, 0.5) is 8.78 Å². The zero-order chi connectivity index (χ0) is 14.7. The number of rotatable bonds is 4. The molecule has 20 heavy (non-hydrogen) atoms. The molecule has 0 heterocycles. The summed E-state index contributed by atoms with van der Waals surface area (Å²) in [4.78, 5) is 0. The minimum absolute atomic E-state index is 0.0869. The Balaban J connectivity index is 2.44. The highest BCUT2D eigenvalue weighted by molar-refractivity contribution is 9.10. The van der Waals surface area contributed by atoms with Crippen LogP contribution < -0.4 is 5.32 Å². The van der Waals surface area contributed by atoms with Crippen molar-refractivity contribution in [1.82, 2.24) is 5.32 Å². The molecule has 0 aliphatic heterocycles. The summed E-state index contributed by atoms with van der Waals surface area (Å²) < 4.78 is 27.2. The minimum Gasteiger partial charge on any atom is -0.307 e. The molecular weight excluding hydrogens is 324 g/mol. The lowest BCUT2D eigenvalue weighted by atomic mass is 9.97. The standard InChI is InChI=1S/C16H16BrF2N/c1-3-20-16(11-4-6-14(18)10(2)8-11)12-5-7-15(19)13(17)9-12/h4-9,16,20H,3H2,1-2H3. The zero-order valence-electron chi connectivity index (χ0n) is 11.4. The van der Waals surface area contributed by atoms with E-state index in [1.807, 2.05) is 13.0 Å². The molecule has 0 bridgehead atoms. The fourth-order valence-electron chi connectivity index (χ4n) is 2.17. The molecule has 0 spiro atoms. The fraction of sp³-hybridized carbons (Fsp3) is 0.250. The second kappa shape index (κ2) is 6.46. The zero-order valence-corrected chi connectivity index (χ0v) is 13.0. The Bertz CT molecular complexity index is 562. The summed E-state index contributed by atoms with van der Waals surface area (Å²) in [6, 6.07) is 9.88. The van der Waals surface area contributed by atoms with Crippen LogP contribution in [0.5, 0.6) is 0 Å². The van der Waals surface area contributed by atoms with Crippen LogP contribution in [0, 0.1) is 18.6 Å². The van der Waals surface area contributed by atoms with Crippen LogP contribution >= 0.6 is 15.9 Å². The molecule has 1 N–H and O–H groups in total. The number of aryl methyl sites for hydroxylation is 1. The van der Waals surface area contributed by atoms with Crippen molar-refractivity contribution in [1.29, 1.82) is 0 Å². The van der Waals surface area contributed by atoms with E-state index in [0.717, 1.165) is 17.7 Å². The van der Waals surface area contributed by atoms with Gasteiger partial charge in [0.1, 0.15) is 11.6 Å². The molecule has 0 fully saturated rings. The van der Waals surface area contributed by atoms with Gasteiger partial charge < -0.3 is 5.32 Å². The minimum atomic E-state index is -0.292. The Kier molecular flexibility index (Phi) is 4.89. The first-order chi connectivity index (χ1) is 9.52. The SMILES string of the molecule is CCNC(c1ccc(F)c(C)c1)c1ccc(F)c(Br)c1. The molecule has 1 nitrogen and oxygen atoms in total. The third-order valence-electron chi connectivity index (χ3n) is 3.20. The van der Waals surface area contributed by atoms with Crippen molar-refractivity contribution in [2.24, 2.45) is 0 Å². The molecule has 0 radical (unpaired) electrons. The predicted molar refractivity (Wildman–Crippen MR) is 80.8 cm³/mol. The molecular formula is C16H16BrF2N. The summed E-state index contributed by atoms with van der Waals surface area (Å²) in [7, 11) is 0. The molecule has 106 valence electrons. The number of halogens is 3. The van der Waals surface area contributed by atoms with Crippen molar-refractivity contribution in [2.75, 3.05) is 6.54 Å². The lowest BCUT2D eigenvalue weighted by Gasteiger charge is -2.20. The number of nitrogens with one attached hydrogen (secondary N) is 1. The van der Waals surface area contributed by atoms with E-state index in [0.29, 0.717) is 10.0 Å². The van der Waals surface area contributed by atoms with Crippen molar-refractivity contribution in [3.8, 4) is 0 Å². The molecule has 1 unspecified atom stereocenters. The smallest absolute Gasteiger partial charge is 0.137 e. The lowest BCUT2D eigenvalue weighted by molar-refractivity contribution is 0.601. The third-order valence-corrected chi connectivity index (χ3v) is 3.81. The van der Waals surface area contributed by atoms with E-state index >= 15 is 0 Å². The van der Waals surface area contributed by atoms with Crippen LogP contribution in [0.2, 0.25) is 0 Å². The van der Waals surface area contributed by atoms with Gasteiger partial charge >= 0.3 is 0 Å². The Hall–Kier alpha value is -1.26. The second-order valence-corrected chi connectivity index (χ2v) is 5.53. The second-order valence-electron chi connectivity index (χ2n) is 4.67. The number of hydrogen-bond acceptors (Lipinski definition) is 1. The van der Waals surface area contributed by atoms with Gasteiger partial charge in [-0.15, -0.1) is 0 Å². The summed E-state index contributed by atoms with van der Waals surface area (Å²) >= 11 is 3.20. The van der Waals surface area contributed by atoms with Crippen LogP contribution in [0.25, 0.3) is 0 Å². The number of hydrogen-bond donors (Lipinski definition) is 1. The van der Waals surface area contributed by atoms with Crippen LogP contribution in [-0.4, -0.2) is 6.54 Å². The molecule has 0 aliphatic carbocycles. The van der Waals surface area contributed by atoms with Crippen molar-refractivity contribution >= 4 is 15.9 Å². The highest BCUT2D eigenvalue weighted by Gasteiger charge is 2.15. The molecule has 2 aromatic carbocycles. The van der Waals surface area contributed by atoms with Crippen LogP contribution in [0.3, 0.4) is 0 Å². The predicted octanol–water partition coefficient (Wildman–Crippen LogP) is 4.73. The third kappa shape index (κ3) is 3.25. The largest absolute Gasteiger partial charge is 0.307 e. The Morgan fingerprint density at radius 3 is 2.20 bits per heavy atom. The van der Waals surface area contributed by atoms with Crippen LogP contribution in [0.1, 0.15) is 29.7 Å². The summed E-state index contributed by atoms with van der Waals surface area (Å²) in [5, 5.41) is 3.34. The van der Waals surface area contributed by atoms with Gasteiger partial charge in [-0.2, -0.15) is 0 Å².